The second-order valence-corrected chi connectivity index (χ2v) is 10.3. The standard InChI is InChI=1S/C32H31N7/c1-3-8-22(9-4-1)17-33-18-23-14-24(20-34-19-23)25-15-27-31(37-38-32(27)35-21-25)29-16-26-28(36-29)10-7-11-30(26)39-12-5-2-6-13-39/h1,3-4,7-11,14-16,19-21,33,36H,2,5-6,12-13,17-18H2,(H,35,37,38). The second kappa shape index (κ2) is 10.3. The number of piperidine rings is 1. The SMILES string of the molecule is c1ccc(CNCc2cncc(-c3cnc4n[nH]c(-c5cc6c(N7CCCCC7)cccc6[nH]5)c4c3)c2)cc1. The summed E-state index contributed by atoms with van der Waals surface area (Å²) in [5, 5.41) is 13.5. The van der Waals surface area contributed by atoms with Crippen LogP contribution in [-0.4, -0.2) is 38.2 Å². The Hall–Kier alpha value is -4.49. The predicted octanol–water partition coefficient (Wildman–Crippen LogP) is 6.45. The molecule has 3 N–H and O–H groups in total. The van der Waals surface area contributed by atoms with Crippen molar-refractivity contribution in [2.45, 2.75) is 32.4 Å². The average molecular weight is 514 g/mol. The highest BCUT2D eigenvalue weighted by Crippen LogP contribution is 2.35. The van der Waals surface area contributed by atoms with Gasteiger partial charge < -0.3 is 15.2 Å². The van der Waals surface area contributed by atoms with Gasteiger partial charge in [-0.25, -0.2) is 4.98 Å². The summed E-state index contributed by atoms with van der Waals surface area (Å²) in [6.45, 7) is 3.81. The minimum atomic E-state index is 0.706. The molecule has 4 aromatic heterocycles. The van der Waals surface area contributed by atoms with E-state index in [9.17, 15) is 0 Å². The van der Waals surface area contributed by atoms with Crippen LogP contribution in [0, 0.1) is 0 Å². The third-order valence-corrected chi connectivity index (χ3v) is 7.65. The summed E-state index contributed by atoms with van der Waals surface area (Å²) >= 11 is 0. The predicted molar refractivity (Wildman–Crippen MR) is 157 cm³/mol. The molecule has 0 spiro atoms. The molecule has 1 saturated heterocycles. The normalized spacial score (nSPS) is 13.9. The number of fused-ring (bicyclic) bond motifs is 2. The van der Waals surface area contributed by atoms with Crippen molar-refractivity contribution >= 4 is 27.6 Å². The van der Waals surface area contributed by atoms with E-state index < -0.39 is 0 Å². The van der Waals surface area contributed by atoms with Crippen LogP contribution < -0.4 is 10.2 Å². The minimum absolute atomic E-state index is 0.706. The summed E-state index contributed by atoms with van der Waals surface area (Å²) in [6, 6.07) is 23.6. The molecular formula is C32H31N7. The van der Waals surface area contributed by atoms with Crippen LogP contribution in [0.3, 0.4) is 0 Å². The Morgan fingerprint density at radius 1 is 0.769 bits per heavy atom. The van der Waals surface area contributed by atoms with Crippen molar-refractivity contribution in [3.8, 4) is 22.5 Å². The molecule has 0 saturated carbocycles. The first kappa shape index (κ1) is 23.6. The van der Waals surface area contributed by atoms with Crippen molar-refractivity contribution in [1.82, 2.24) is 30.5 Å². The van der Waals surface area contributed by atoms with Gasteiger partial charge in [-0.15, -0.1) is 0 Å². The summed E-state index contributed by atoms with van der Waals surface area (Å²) in [7, 11) is 0. The van der Waals surface area contributed by atoms with E-state index in [1.54, 1.807) is 0 Å². The Morgan fingerprint density at radius 3 is 2.51 bits per heavy atom. The molecule has 0 amide bonds. The molecule has 39 heavy (non-hydrogen) atoms. The number of anilines is 1. The molecule has 7 rings (SSSR count). The lowest BCUT2D eigenvalue weighted by atomic mass is 10.1. The zero-order chi connectivity index (χ0) is 26.0. The van der Waals surface area contributed by atoms with Crippen molar-refractivity contribution in [2.75, 3.05) is 18.0 Å². The van der Waals surface area contributed by atoms with Crippen LogP contribution in [0.15, 0.2) is 85.3 Å². The van der Waals surface area contributed by atoms with E-state index in [2.05, 4.69) is 96.0 Å². The van der Waals surface area contributed by atoms with Crippen LogP contribution in [-0.2, 0) is 13.1 Å². The molecular weight excluding hydrogens is 482 g/mol. The Kier molecular flexibility index (Phi) is 6.26. The molecule has 0 unspecified atom stereocenters. The van der Waals surface area contributed by atoms with Crippen LogP contribution in [0.5, 0.6) is 0 Å². The van der Waals surface area contributed by atoms with Crippen molar-refractivity contribution in [3.63, 3.8) is 0 Å². The average Bonchev–Trinajstić information content (AvgIpc) is 3.62. The summed E-state index contributed by atoms with van der Waals surface area (Å²) in [6.07, 6.45) is 9.53. The first-order chi connectivity index (χ1) is 19.3. The van der Waals surface area contributed by atoms with Gasteiger partial charge in [-0.1, -0.05) is 36.4 Å². The van der Waals surface area contributed by atoms with Crippen LogP contribution in [0.1, 0.15) is 30.4 Å². The van der Waals surface area contributed by atoms with E-state index in [0.717, 1.165) is 65.2 Å². The van der Waals surface area contributed by atoms with Gasteiger partial charge in [0.1, 0.15) is 0 Å². The molecule has 0 radical (unpaired) electrons. The van der Waals surface area contributed by atoms with Crippen molar-refractivity contribution in [3.05, 3.63) is 96.4 Å². The highest BCUT2D eigenvalue weighted by Gasteiger charge is 2.17. The van der Waals surface area contributed by atoms with Crippen molar-refractivity contribution in [2.24, 2.45) is 0 Å². The zero-order valence-electron chi connectivity index (χ0n) is 21.8. The number of benzene rings is 2. The molecule has 194 valence electrons. The third-order valence-electron chi connectivity index (χ3n) is 7.65. The number of aromatic amines is 2. The van der Waals surface area contributed by atoms with Crippen molar-refractivity contribution < 1.29 is 0 Å². The lowest BCUT2D eigenvalue weighted by molar-refractivity contribution is 0.579. The number of hydrogen-bond acceptors (Lipinski definition) is 5. The highest BCUT2D eigenvalue weighted by molar-refractivity contribution is 6.00. The molecule has 0 bridgehead atoms. The first-order valence-electron chi connectivity index (χ1n) is 13.7. The largest absolute Gasteiger partial charge is 0.371 e. The summed E-state index contributed by atoms with van der Waals surface area (Å²) in [4.78, 5) is 15.3. The van der Waals surface area contributed by atoms with E-state index >= 15 is 0 Å². The highest BCUT2D eigenvalue weighted by atomic mass is 15.2. The van der Waals surface area contributed by atoms with Gasteiger partial charge in [0.15, 0.2) is 5.65 Å². The molecule has 0 aliphatic carbocycles. The van der Waals surface area contributed by atoms with E-state index in [4.69, 9.17) is 0 Å². The number of hydrogen-bond donors (Lipinski definition) is 3. The number of pyridine rings is 2. The third kappa shape index (κ3) is 4.77. The van der Waals surface area contributed by atoms with Gasteiger partial charge in [-0.05, 0) is 60.7 Å². The van der Waals surface area contributed by atoms with Gasteiger partial charge in [0.05, 0.1) is 11.4 Å². The second-order valence-electron chi connectivity index (χ2n) is 10.3. The summed E-state index contributed by atoms with van der Waals surface area (Å²) in [5.74, 6) is 0. The maximum atomic E-state index is 4.67. The van der Waals surface area contributed by atoms with Crippen LogP contribution in [0.2, 0.25) is 0 Å². The molecule has 7 heteroatoms. The maximum Gasteiger partial charge on any atom is 0.181 e. The van der Waals surface area contributed by atoms with Gasteiger partial charge in [-0.3, -0.25) is 10.1 Å². The topological polar surface area (TPSA) is 85.5 Å². The van der Waals surface area contributed by atoms with Gasteiger partial charge in [0, 0.05) is 77.9 Å². The van der Waals surface area contributed by atoms with Gasteiger partial charge >= 0.3 is 0 Å². The Balaban J connectivity index is 1.18. The van der Waals surface area contributed by atoms with Gasteiger partial charge in [0.25, 0.3) is 0 Å². The molecule has 6 aromatic rings. The zero-order valence-corrected chi connectivity index (χ0v) is 21.8. The van der Waals surface area contributed by atoms with Gasteiger partial charge in [-0.2, -0.15) is 5.10 Å². The van der Waals surface area contributed by atoms with Crippen molar-refractivity contribution in [1.29, 1.82) is 0 Å². The quantitative estimate of drug-likeness (QED) is 0.228. The molecule has 7 nitrogen and oxygen atoms in total. The number of aromatic nitrogens is 5. The monoisotopic (exact) mass is 513 g/mol. The number of nitrogens with one attached hydrogen (secondary N) is 3. The molecule has 2 aromatic carbocycles. The molecule has 1 fully saturated rings. The van der Waals surface area contributed by atoms with E-state index in [1.165, 1.54) is 35.9 Å². The summed E-state index contributed by atoms with van der Waals surface area (Å²) < 4.78 is 0. The Morgan fingerprint density at radius 2 is 1.62 bits per heavy atom. The lowest BCUT2D eigenvalue weighted by Crippen LogP contribution is -2.29. The lowest BCUT2D eigenvalue weighted by Gasteiger charge is -2.29. The minimum Gasteiger partial charge on any atom is -0.371 e. The Bertz CT molecular complexity index is 1730. The smallest absolute Gasteiger partial charge is 0.181 e. The molecule has 1 aliphatic rings. The van der Waals surface area contributed by atoms with Crippen LogP contribution in [0.25, 0.3) is 44.5 Å². The molecule has 1 aliphatic heterocycles. The van der Waals surface area contributed by atoms with E-state index in [-0.39, 0.29) is 0 Å². The van der Waals surface area contributed by atoms with Gasteiger partial charge in [0.2, 0.25) is 0 Å². The number of rotatable bonds is 7. The molecule has 5 heterocycles. The fraction of sp³-hybridized carbons (Fsp3) is 0.219. The summed E-state index contributed by atoms with van der Waals surface area (Å²) in [5.41, 5.74) is 9.59. The van der Waals surface area contributed by atoms with Crippen LogP contribution in [0.4, 0.5) is 5.69 Å². The first-order valence-corrected chi connectivity index (χ1v) is 13.7. The van der Waals surface area contributed by atoms with E-state index in [0.29, 0.717) is 5.65 Å². The maximum absolute atomic E-state index is 4.67. The Labute approximate surface area is 227 Å². The number of nitrogens with zero attached hydrogens (tertiary/aromatic N) is 4. The van der Waals surface area contributed by atoms with Crippen LogP contribution >= 0.6 is 0 Å². The number of H-pyrrole nitrogens is 2. The molecule has 0 atom stereocenters. The fourth-order valence-corrected chi connectivity index (χ4v) is 5.64. The fourth-order valence-electron chi connectivity index (χ4n) is 5.64. The van der Waals surface area contributed by atoms with E-state index in [1.807, 2.05) is 24.7 Å².